The standard InChI is InChI=1S/CHF3NO2S.Li/c2-1(3,4)8(5,6)7;/h(H-,5,6,7);/q-1;+1. The van der Waals surface area contributed by atoms with E-state index in [4.69, 9.17) is 5.14 Å². The van der Waals surface area contributed by atoms with Crippen LogP contribution >= 0.6 is 0 Å². The summed E-state index contributed by atoms with van der Waals surface area (Å²) in [5.74, 6) is 0. The van der Waals surface area contributed by atoms with Crippen molar-refractivity contribution in [3.63, 3.8) is 0 Å². The first-order valence-corrected chi connectivity index (χ1v) is 2.79. The first-order valence-electron chi connectivity index (χ1n) is 1.31. The Morgan fingerprint density at radius 2 is 1.33 bits per heavy atom. The topological polar surface area (TPSA) is 57.9 Å². The zero-order valence-electron chi connectivity index (χ0n) is 4.36. The molecule has 0 rings (SSSR count). The Morgan fingerprint density at radius 3 is 1.33 bits per heavy atom. The minimum absolute atomic E-state index is 0. The summed E-state index contributed by atoms with van der Waals surface area (Å²) in [6, 6.07) is 0. The van der Waals surface area contributed by atoms with E-state index < -0.39 is 15.5 Å². The van der Waals surface area contributed by atoms with Gasteiger partial charge in [0, 0.05) is 0 Å². The van der Waals surface area contributed by atoms with Gasteiger partial charge in [-0.3, -0.25) is 0 Å². The summed E-state index contributed by atoms with van der Waals surface area (Å²) in [6.45, 7) is 0. The molecule has 0 aromatic carbocycles. The van der Waals surface area contributed by atoms with Gasteiger partial charge >= 0.3 is 24.4 Å². The average molecular weight is 155 g/mol. The maximum absolute atomic E-state index is 10.8. The van der Waals surface area contributed by atoms with E-state index in [0.717, 1.165) is 0 Å². The molecule has 0 atom stereocenters. The van der Waals surface area contributed by atoms with Crippen LogP contribution in [0.5, 0.6) is 0 Å². The molecule has 0 saturated heterocycles. The predicted molar refractivity (Wildman–Crippen MR) is 19.3 cm³/mol. The van der Waals surface area contributed by atoms with Crippen molar-refractivity contribution in [1.29, 1.82) is 0 Å². The Hall–Kier alpha value is 0.297. The minimum atomic E-state index is -5.59. The van der Waals surface area contributed by atoms with E-state index in [1.807, 2.05) is 0 Å². The van der Waals surface area contributed by atoms with Gasteiger partial charge in [-0.2, -0.15) is 13.2 Å². The van der Waals surface area contributed by atoms with Crippen molar-refractivity contribution in [2.75, 3.05) is 0 Å². The molecule has 1 N–H and O–H groups in total. The van der Waals surface area contributed by atoms with Gasteiger partial charge in [0.1, 0.15) is 0 Å². The maximum Gasteiger partial charge on any atom is 1.00 e. The van der Waals surface area contributed by atoms with Crippen LogP contribution in [0, 0.1) is 0 Å². The molecule has 9 heavy (non-hydrogen) atoms. The van der Waals surface area contributed by atoms with Crippen LogP contribution in [-0.2, 0) is 10.0 Å². The van der Waals surface area contributed by atoms with Gasteiger partial charge < -0.3 is 5.14 Å². The predicted octanol–water partition coefficient (Wildman–Crippen LogP) is -2.11. The van der Waals surface area contributed by atoms with Crippen LogP contribution in [-0.4, -0.2) is 13.9 Å². The summed E-state index contributed by atoms with van der Waals surface area (Å²) < 4.78 is 50.8. The summed E-state index contributed by atoms with van der Waals surface area (Å²) in [6.07, 6.45) is 0. The fourth-order valence-electron chi connectivity index (χ4n) is 0. The second kappa shape index (κ2) is 2.92. The van der Waals surface area contributed by atoms with Gasteiger partial charge in [0.2, 0.25) is 0 Å². The summed E-state index contributed by atoms with van der Waals surface area (Å²) in [5.41, 5.74) is -5.42. The molecular formula is CHF3LiNO2S. The van der Waals surface area contributed by atoms with Gasteiger partial charge in [-0.25, -0.2) is 8.42 Å². The molecule has 0 aliphatic carbocycles. The number of halogens is 3. The summed E-state index contributed by atoms with van der Waals surface area (Å²) in [4.78, 5) is 0. The van der Waals surface area contributed by atoms with Crippen molar-refractivity contribution >= 4 is 10.0 Å². The molecule has 3 nitrogen and oxygen atoms in total. The molecule has 50 valence electrons. The molecule has 0 amide bonds. The minimum Gasteiger partial charge on any atom is -0.556 e. The molecule has 0 aromatic rings. The zero-order valence-corrected chi connectivity index (χ0v) is 5.18. The fraction of sp³-hybridized carbons (Fsp3) is 1.00. The van der Waals surface area contributed by atoms with Crippen molar-refractivity contribution < 1.29 is 40.4 Å². The average Bonchev–Trinajstić information content (AvgIpc) is 1.25. The molecule has 0 aromatic heterocycles. The summed E-state index contributed by atoms with van der Waals surface area (Å²) >= 11 is 0. The van der Waals surface area contributed by atoms with E-state index in [9.17, 15) is 21.6 Å². The molecule has 0 heterocycles. The van der Waals surface area contributed by atoms with E-state index in [1.54, 1.807) is 0 Å². The molecule has 0 aliphatic rings. The van der Waals surface area contributed by atoms with Crippen LogP contribution in [0.25, 0.3) is 5.14 Å². The van der Waals surface area contributed by atoms with Crippen LogP contribution in [0.3, 0.4) is 0 Å². The van der Waals surface area contributed by atoms with Crippen molar-refractivity contribution in [1.82, 2.24) is 0 Å². The second-order valence-electron chi connectivity index (χ2n) is 0.949. The van der Waals surface area contributed by atoms with E-state index in [0.29, 0.717) is 0 Å². The summed E-state index contributed by atoms with van der Waals surface area (Å²) in [5, 5.41) is 5.43. The Kier molecular flexibility index (Phi) is 3.90. The van der Waals surface area contributed by atoms with Crippen LogP contribution in [0.2, 0.25) is 0 Å². The zero-order chi connectivity index (χ0) is 7.00. The van der Waals surface area contributed by atoms with E-state index in [-0.39, 0.29) is 18.9 Å². The molecule has 0 aliphatic heterocycles. The van der Waals surface area contributed by atoms with Gasteiger partial charge in [-0.05, 0) is 0 Å². The Balaban J connectivity index is 0. The Labute approximate surface area is 61.6 Å². The van der Waals surface area contributed by atoms with Gasteiger partial charge in [0.15, 0.2) is 10.0 Å². The van der Waals surface area contributed by atoms with E-state index in [2.05, 4.69) is 0 Å². The molecular weight excluding hydrogens is 154 g/mol. The molecule has 0 unspecified atom stereocenters. The van der Waals surface area contributed by atoms with Crippen LogP contribution in [0.4, 0.5) is 13.2 Å². The van der Waals surface area contributed by atoms with Gasteiger partial charge in [-0.1, -0.05) is 0 Å². The largest absolute Gasteiger partial charge is 1.00 e. The molecule has 0 radical (unpaired) electrons. The number of nitrogens with one attached hydrogen (secondary N) is 1. The molecule has 0 fully saturated rings. The molecule has 0 spiro atoms. The van der Waals surface area contributed by atoms with Gasteiger partial charge in [0.05, 0.1) is 0 Å². The van der Waals surface area contributed by atoms with Crippen molar-refractivity contribution in [3.05, 3.63) is 5.14 Å². The van der Waals surface area contributed by atoms with Crippen LogP contribution in [0.1, 0.15) is 0 Å². The number of rotatable bonds is 0. The van der Waals surface area contributed by atoms with Crippen LogP contribution < -0.4 is 18.9 Å². The number of alkyl halides is 3. The quantitative estimate of drug-likeness (QED) is 0.376. The second-order valence-corrected chi connectivity index (χ2v) is 2.42. The molecule has 8 heteroatoms. The smallest absolute Gasteiger partial charge is 0.556 e. The number of hydrogen-bond acceptors (Lipinski definition) is 2. The van der Waals surface area contributed by atoms with Crippen molar-refractivity contribution in [3.8, 4) is 0 Å². The third kappa shape index (κ3) is 3.81. The van der Waals surface area contributed by atoms with Crippen LogP contribution in [0.15, 0.2) is 0 Å². The first-order chi connectivity index (χ1) is 3.25. The third-order valence-corrected chi connectivity index (χ3v) is 0.914. The van der Waals surface area contributed by atoms with Gasteiger partial charge in [-0.15, -0.1) is 0 Å². The fourth-order valence-corrected chi connectivity index (χ4v) is 0. The normalized spacial score (nSPS) is 12.4. The number of sulfonamides is 1. The summed E-state index contributed by atoms with van der Waals surface area (Å²) in [7, 11) is -5.59. The van der Waals surface area contributed by atoms with Crippen molar-refractivity contribution in [2.45, 2.75) is 5.51 Å². The van der Waals surface area contributed by atoms with E-state index >= 15 is 0 Å². The maximum atomic E-state index is 10.8. The number of hydrogen-bond donors (Lipinski definition) is 0. The molecule has 0 bridgehead atoms. The Morgan fingerprint density at radius 1 is 1.22 bits per heavy atom. The Bertz CT molecular complexity index is 171. The molecule has 0 saturated carbocycles. The van der Waals surface area contributed by atoms with Crippen molar-refractivity contribution in [2.24, 2.45) is 0 Å². The van der Waals surface area contributed by atoms with Gasteiger partial charge in [0.25, 0.3) is 0 Å². The SMILES string of the molecule is [Li+].[NH-]S(=O)(=O)C(F)(F)F. The van der Waals surface area contributed by atoms with E-state index in [1.165, 1.54) is 0 Å². The third-order valence-electron chi connectivity index (χ3n) is 0.305. The first kappa shape index (κ1) is 12.0. The monoisotopic (exact) mass is 155 g/mol.